The number of aromatic nitrogens is 2. The van der Waals surface area contributed by atoms with Crippen molar-refractivity contribution in [2.75, 3.05) is 23.3 Å². The van der Waals surface area contributed by atoms with E-state index in [1.807, 2.05) is 6.07 Å². The molecular formula is C15H17FN4. The van der Waals surface area contributed by atoms with Crippen molar-refractivity contribution in [1.82, 2.24) is 9.97 Å². The highest BCUT2D eigenvalue weighted by molar-refractivity contribution is 5.59. The van der Waals surface area contributed by atoms with Crippen LogP contribution >= 0.6 is 0 Å². The largest absolute Gasteiger partial charge is 0.356 e. The van der Waals surface area contributed by atoms with E-state index in [2.05, 4.69) is 20.2 Å². The van der Waals surface area contributed by atoms with Crippen LogP contribution in [-0.4, -0.2) is 23.1 Å². The van der Waals surface area contributed by atoms with Gasteiger partial charge in [0.25, 0.3) is 0 Å². The van der Waals surface area contributed by atoms with Gasteiger partial charge in [-0.1, -0.05) is 12.1 Å². The van der Waals surface area contributed by atoms with Gasteiger partial charge in [0.15, 0.2) is 0 Å². The van der Waals surface area contributed by atoms with E-state index in [1.54, 1.807) is 18.2 Å². The van der Waals surface area contributed by atoms with Crippen LogP contribution in [0.25, 0.3) is 0 Å². The third kappa shape index (κ3) is 2.87. The van der Waals surface area contributed by atoms with Crippen molar-refractivity contribution < 1.29 is 4.39 Å². The number of anilines is 3. The predicted molar refractivity (Wildman–Crippen MR) is 77.8 cm³/mol. The summed E-state index contributed by atoms with van der Waals surface area (Å²) in [5, 5.41) is 3.00. The molecule has 0 radical (unpaired) electrons. The quantitative estimate of drug-likeness (QED) is 0.930. The van der Waals surface area contributed by atoms with E-state index in [1.165, 1.54) is 31.7 Å². The molecule has 0 bridgehead atoms. The highest BCUT2D eigenvalue weighted by Gasteiger charge is 2.13. The van der Waals surface area contributed by atoms with Crippen LogP contribution in [0.3, 0.4) is 0 Å². The van der Waals surface area contributed by atoms with Gasteiger partial charge >= 0.3 is 0 Å². The summed E-state index contributed by atoms with van der Waals surface area (Å²) in [7, 11) is 0. The van der Waals surface area contributed by atoms with Crippen LogP contribution in [0.5, 0.6) is 0 Å². The maximum Gasteiger partial charge on any atom is 0.146 e. The SMILES string of the molecule is Fc1ccccc1Nc1cc(N2CCCCC2)ncn1. The second-order valence-electron chi connectivity index (χ2n) is 4.91. The summed E-state index contributed by atoms with van der Waals surface area (Å²) in [6, 6.07) is 8.45. The zero-order chi connectivity index (χ0) is 13.8. The van der Waals surface area contributed by atoms with Gasteiger partial charge in [-0.25, -0.2) is 14.4 Å². The molecule has 4 nitrogen and oxygen atoms in total. The molecule has 1 aromatic heterocycles. The van der Waals surface area contributed by atoms with Gasteiger partial charge in [0.2, 0.25) is 0 Å². The van der Waals surface area contributed by atoms with Crippen molar-refractivity contribution in [2.24, 2.45) is 0 Å². The van der Waals surface area contributed by atoms with E-state index in [0.29, 0.717) is 11.5 Å². The molecule has 0 amide bonds. The molecule has 0 saturated carbocycles. The smallest absolute Gasteiger partial charge is 0.146 e. The van der Waals surface area contributed by atoms with Crippen LogP contribution in [-0.2, 0) is 0 Å². The van der Waals surface area contributed by atoms with E-state index in [-0.39, 0.29) is 5.82 Å². The zero-order valence-corrected chi connectivity index (χ0v) is 11.2. The van der Waals surface area contributed by atoms with Gasteiger partial charge in [-0.3, -0.25) is 0 Å². The minimum absolute atomic E-state index is 0.286. The summed E-state index contributed by atoms with van der Waals surface area (Å²) < 4.78 is 13.6. The third-order valence-electron chi connectivity index (χ3n) is 3.47. The number of benzene rings is 1. The van der Waals surface area contributed by atoms with Crippen molar-refractivity contribution in [3.05, 3.63) is 42.5 Å². The highest BCUT2D eigenvalue weighted by atomic mass is 19.1. The van der Waals surface area contributed by atoms with E-state index in [0.717, 1.165) is 18.9 Å². The van der Waals surface area contributed by atoms with E-state index in [9.17, 15) is 4.39 Å². The van der Waals surface area contributed by atoms with Crippen molar-refractivity contribution >= 4 is 17.3 Å². The number of piperidine rings is 1. The average molecular weight is 272 g/mol. The monoisotopic (exact) mass is 272 g/mol. The number of hydrogen-bond donors (Lipinski definition) is 1. The summed E-state index contributed by atoms with van der Waals surface area (Å²) in [6.45, 7) is 2.05. The molecule has 3 rings (SSSR count). The van der Waals surface area contributed by atoms with Crippen LogP contribution in [0.1, 0.15) is 19.3 Å². The molecule has 1 aliphatic heterocycles. The Morgan fingerprint density at radius 2 is 1.85 bits per heavy atom. The Balaban J connectivity index is 1.79. The van der Waals surface area contributed by atoms with Gasteiger partial charge in [-0.2, -0.15) is 0 Å². The second-order valence-corrected chi connectivity index (χ2v) is 4.91. The van der Waals surface area contributed by atoms with Crippen molar-refractivity contribution in [1.29, 1.82) is 0 Å². The number of rotatable bonds is 3. The molecule has 1 aliphatic rings. The summed E-state index contributed by atoms with van der Waals surface area (Å²) in [5.41, 5.74) is 0.427. The van der Waals surface area contributed by atoms with E-state index in [4.69, 9.17) is 0 Å². The highest BCUT2D eigenvalue weighted by Crippen LogP contribution is 2.22. The molecule has 2 heterocycles. The predicted octanol–water partition coefficient (Wildman–Crippen LogP) is 3.35. The van der Waals surface area contributed by atoms with Crippen LogP contribution in [0.15, 0.2) is 36.7 Å². The normalized spacial score (nSPS) is 15.2. The van der Waals surface area contributed by atoms with Crippen LogP contribution in [0.4, 0.5) is 21.7 Å². The molecule has 2 aromatic rings. The fraction of sp³-hybridized carbons (Fsp3) is 0.333. The Bertz CT molecular complexity index is 582. The van der Waals surface area contributed by atoms with Crippen molar-refractivity contribution in [3.8, 4) is 0 Å². The Morgan fingerprint density at radius 3 is 2.65 bits per heavy atom. The molecular weight excluding hydrogens is 255 g/mol. The van der Waals surface area contributed by atoms with Crippen LogP contribution < -0.4 is 10.2 Å². The fourth-order valence-electron chi connectivity index (χ4n) is 2.41. The number of nitrogens with zero attached hydrogens (tertiary/aromatic N) is 3. The van der Waals surface area contributed by atoms with Gasteiger partial charge in [0.1, 0.15) is 23.8 Å². The van der Waals surface area contributed by atoms with Gasteiger partial charge in [-0.15, -0.1) is 0 Å². The Labute approximate surface area is 117 Å². The minimum atomic E-state index is -0.286. The van der Waals surface area contributed by atoms with Crippen LogP contribution in [0, 0.1) is 5.82 Å². The Hall–Kier alpha value is -2.17. The minimum Gasteiger partial charge on any atom is -0.356 e. The second kappa shape index (κ2) is 5.86. The van der Waals surface area contributed by atoms with Crippen LogP contribution in [0.2, 0.25) is 0 Å². The zero-order valence-electron chi connectivity index (χ0n) is 11.2. The van der Waals surface area contributed by atoms with Crippen molar-refractivity contribution in [3.63, 3.8) is 0 Å². The Morgan fingerprint density at radius 1 is 1.05 bits per heavy atom. The first kappa shape index (κ1) is 12.8. The molecule has 20 heavy (non-hydrogen) atoms. The van der Waals surface area contributed by atoms with E-state index < -0.39 is 0 Å². The summed E-state index contributed by atoms with van der Waals surface area (Å²) >= 11 is 0. The Kier molecular flexibility index (Phi) is 3.76. The number of halogens is 1. The summed E-state index contributed by atoms with van der Waals surface area (Å²) in [5.74, 6) is 1.23. The standard InChI is InChI=1S/C15H17FN4/c16-12-6-2-3-7-13(12)19-14-10-15(18-11-17-14)20-8-4-1-5-9-20/h2-3,6-7,10-11H,1,4-5,8-9H2,(H,17,18,19). The molecule has 1 saturated heterocycles. The lowest BCUT2D eigenvalue weighted by molar-refractivity contribution is 0.573. The van der Waals surface area contributed by atoms with E-state index >= 15 is 0 Å². The lowest BCUT2D eigenvalue weighted by Gasteiger charge is -2.27. The van der Waals surface area contributed by atoms with Gasteiger partial charge in [-0.05, 0) is 31.4 Å². The summed E-state index contributed by atoms with van der Waals surface area (Å²) in [6.07, 6.45) is 5.19. The molecule has 104 valence electrons. The number of hydrogen-bond acceptors (Lipinski definition) is 4. The van der Waals surface area contributed by atoms with Gasteiger partial charge in [0.05, 0.1) is 5.69 Å². The van der Waals surface area contributed by atoms with Gasteiger partial charge in [0, 0.05) is 19.2 Å². The lowest BCUT2D eigenvalue weighted by atomic mass is 10.1. The lowest BCUT2D eigenvalue weighted by Crippen LogP contribution is -2.30. The molecule has 0 unspecified atom stereocenters. The maximum atomic E-state index is 13.6. The third-order valence-corrected chi connectivity index (χ3v) is 3.47. The average Bonchev–Trinajstić information content (AvgIpc) is 2.51. The molecule has 0 spiro atoms. The fourth-order valence-corrected chi connectivity index (χ4v) is 2.41. The molecule has 1 aromatic carbocycles. The number of para-hydroxylation sites is 1. The molecule has 1 N–H and O–H groups in total. The first-order valence-corrected chi connectivity index (χ1v) is 6.91. The first-order valence-electron chi connectivity index (χ1n) is 6.91. The van der Waals surface area contributed by atoms with Crippen molar-refractivity contribution in [2.45, 2.75) is 19.3 Å². The summed E-state index contributed by atoms with van der Waals surface area (Å²) in [4.78, 5) is 10.7. The molecule has 5 heteroatoms. The molecule has 0 aliphatic carbocycles. The maximum absolute atomic E-state index is 13.6. The molecule has 0 atom stereocenters. The molecule has 1 fully saturated rings. The first-order chi connectivity index (χ1) is 9.83. The topological polar surface area (TPSA) is 41.0 Å². The van der Waals surface area contributed by atoms with Gasteiger partial charge < -0.3 is 10.2 Å². The number of nitrogens with one attached hydrogen (secondary N) is 1.